The van der Waals surface area contributed by atoms with E-state index in [1.165, 1.54) is 0 Å². The van der Waals surface area contributed by atoms with Crippen molar-refractivity contribution in [3.8, 4) is 0 Å². The van der Waals surface area contributed by atoms with Crippen molar-refractivity contribution in [2.75, 3.05) is 19.7 Å². The van der Waals surface area contributed by atoms with E-state index in [1.807, 2.05) is 35.2 Å². The SMILES string of the molecule is NC(=S)C(C(=O)N1CCC(CO)CC1)c1ccccc1. The van der Waals surface area contributed by atoms with Crippen LogP contribution < -0.4 is 5.73 Å². The van der Waals surface area contributed by atoms with E-state index >= 15 is 0 Å². The molecule has 20 heavy (non-hydrogen) atoms. The van der Waals surface area contributed by atoms with Gasteiger partial charge in [-0.15, -0.1) is 0 Å². The minimum Gasteiger partial charge on any atom is -0.396 e. The first-order valence-corrected chi connectivity index (χ1v) is 7.28. The molecule has 108 valence electrons. The molecule has 0 aromatic heterocycles. The van der Waals surface area contributed by atoms with E-state index in [4.69, 9.17) is 23.1 Å². The predicted octanol–water partition coefficient (Wildman–Crippen LogP) is 1.29. The first-order valence-electron chi connectivity index (χ1n) is 6.87. The molecule has 2 rings (SSSR count). The standard InChI is InChI=1S/C15H20N2O2S/c16-14(20)13(12-4-2-1-3-5-12)15(19)17-8-6-11(10-18)7-9-17/h1-5,11,13,18H,6-10H2,(H2,16,20). The number of carbonyl (C=O) groups excluding carboxylic acids is 1. The quantitative estimate of drug-likeness (QED) is 0.821. The number of carbonyl (C=O) groups is 1. The van der Waals surface area contributed by atoms with Gasteiger partial charge in [0.1, 0.15) is 5.92 Å². The zero-order chi connectivity index (χ0) is 14.5. The number of aliphatic hydroxyl groups is 1. The second-order valence-electron chi connectivity index (χ2n) is 5.20. The molecule has 0 bridgehead atoms. The average Bonchev–Trinajstić information content (AvgIpc) is 2.48. The molecule has 1 amide bonds. The van der Waals surface area contributed by atoms with Gasteiger partial charge in [0, 0.05) is 19.7 Å². The summed E-state index contributed by atoms with van der Waals surface area (Å²) in [5.74, 6) is -0.268. The second-order valence-corrected chi connectivity index (χ2v) is 5.67. The number of piperidine rings is 1. The molecule has 1 aliphatic heterocycles. The van der Waals surface area contributed by atoms with Crippen molar-refractivity contribution < 1.29 is 9.90 Å². The average molecular weight is 292 g/mol. The van der Waals surface area contributed by atoms with Gasteiger partial charge >= 0.3 is 0 Å². The van der Waals surface area contributed by atoms with Crippen LogP contribution in [0.2, 0.25) is 0 Å². The monoisotopic (exact) mass is 292 g/mol. The summed E-state index contributed by atoms with van der Waals surface area (Å²) in [7, 11) is 0. The molecular formula is C15H20N2O2S. The van der Waals surface area contributed by atoms with Crippen LogP contribution in [0.4, 0.5) is 0 Å². The number of benzene rings is 1. The summed E-state index contributed by atoms with van der Waals surface area (Å²) in [5.41, 5.74) is 6.62. The molecule has 3 N–H and O–H groups in total. The van der Waals surface area contributed by atoms with E-state index in [2.05, 4.69) is 0 Å². The summed E-state index contributed by atoms with van der Waals surface area (Å²) in [4.78, 5) is 14.7. The number of aliphatic hydroxyl groups excluding tert-OH is 1. The van der Waals surface area contributed by atoms with Crippen molar-refractivity contribution in [2.45, 2.75) is 18.8 Å². The van der Waals surface area contributed by atoms with Crippen molar-refractivity contribution in [1.29, 1.82) is 0 Å². The molecule has 0 spiro atoms. The summed E-state index contributed by atoms with van der Waals surface area (Å²) in [6.45, 7) is 1.52. The molecule has 1 atom stereocenters. The molecule has 4 nitrogen and oxygen atoms in total. The fourth-order valence-electron chi connectivity index (χ4n) is 2.59. The van der Waals surface area contributed by atoms with E-state index in [9.17, 15) is 4.79 Å². The highest BCUT2D eigenvalue weighted by Crippen LogP contribution is 2.23. The number of hydrogen-bond donors (Lipinski definition) is 2. The third-order valence-corrected chi connectivity index (χ3v) is 4.08. The lowest BCUT2D eigenvalue weighted by Gasteiger charge is -2.33. The van der Waals surface area contributed by atoms with Crippen molar-refractivity contribution in [1.82, 2.24) is 4.90 Å². The lowest BCUT2D eigenvalue weighted by atomic mass is 9.93. The number of thiocarbonyl (C=S) groups is 1. The Morgan fingerprint density at radius 2 is 1.95 bits per heavy atom. The van der Waals surface area contributed by atoms with Crippen LogP contribution >= 0.6 is 12.2 Å². The largest absolute Gasteiger partial charge is 0.396 e. The maximum absolute atomic E-state index is 12.6. The van der Waals surface area contributed by atoms with Gasteiger partial charge in [-0.05, 0) is 24.3 Å². The third-order valence-electron chi connectivity index (χ3n) is 3.85. The smallest absolute Gasteiger partial charge is 0.236 e. The van der Waals surface area contributed by atoms with E-state index < -0.39 is 5.92 Å². The van der Waals surface area contributed by atoms with Gasteiger partial charge in [0.05, 0.1) is 4.99 Å². The molecule has 0 aliphatic carbocycles. The van der Waals surface area contributed by atoms with Crippen LogP contribution in [0, 0.1) is 5.92 Å². The van der Waals surface area contributed by atoms with Gasteiger partial charge in [0.15, 0.2) is 0 Å². The van der Waals surface area contributed by atoms with E-state index in [1.54, 1.807) is 0 Å². The fraction of sp³-hybridized carbons (Fsp3) is 0.467. The highest BCUT2D eigenvalue weighted by Gasteiger charge is 2.30. The predicted molar refractivity (Wildman–Crippen MR) is 82.4 cm³/mol. The summed E-state index contributed by atoms with van der Waals surface area (Å²) in [5, 5.41) is 9.15. The number of likely N-dealkylation sites (tertiary alicyclic amines) is 1. The zero-order valence-corrected chi connectivity index (χ0v) is 12.2. The fourth-order valence-corrected chi connectivity index (χ4v) is 2.83. The number of hydrogen-bond acceptors (Lipinski definition) is 3. The first kappa shape index (κ1) is 14.9. The van der Waals surface area contributed by atoms with Gasteiger partial charge in [0.2, 0.25) is 5.91 Å². The van der Waals surface area contributed by atoms with Crippen LogP contribution in [0.1, 0.15) is 24.3 Å². The molecule has 1 aromatic carbocycles. The lowest BCUT2D eigenvalue weighted by molar-refractivity contribution is -0.132. The second kappa shape index (κ2) is 6.81. The molecule has 5 heteroatoms. The summed E-state index contributed by atoms with van der Waals surface area (Å²) < 4.78 is 0. The number of rotatable bonds is 4. The molecule has 1 aromatic rings. The van der Waals surface area contributed by atoms with Gasteiger partial charge < -0.3 is 15.7 Å². The Bertz CT molecular complexity index is 470. The number of amides is 1. The third kappa shape index (κ3) is 3.35. The first-order chi connectivity index (χ1) is 9.63. The normalized spacial score (nSPS) is 17.8. The summed E-state index contributed by atoms with van der Waals surface area (Å²) in [6.07, 6.45) is 1.67. The Morgan fingerprint density at radius 1 is 1.35 bits per heavy atom. The molecule has 0 saturated carbocycles. The summed E-state index contributed by atoms with van der Waals surface area (Å²) >= 11 is 5.08. The maximum atomic E-state index is 12.6. The highest BCUT2D eigenvalue weighted by atomic mass is 32.1. The Kier molecular flexibility index (Phi) is 5.09. The van der Waals surface area contributed by atoms with Gasteiger partial charge in [-0.25, -0.2) is 0 Å². The molecule has 1 aliphatic rings. The molecule has 0 radical (unpaired) electrons. The van der Waals surface area contributed by atoms with Crippen LogP contribution in [-0.2, 0) is 4.79 Å². The van der Waals surface area contributed by atoms with Crippen molar-refractivity contribution in [3.63, 3.8) is 0 Å². The van der Waals surface area contributed by atoms with Crippen molar-refractivity contribution in [2.24, 2.45) is 11.7 Å². The minimum atomic E-state index is -0.545. The van der Waals surface area contributed by atoms with Crippen molar-refractivity contribution in [3.05, 3.63) is 35.9 Å². The number of nitrogens with two attached hydrogens (primary N) is 1. The summed E-state index contributed by atoms with van der Waals surface area (Å²) in [6, 6.07) is 9.42. The maximum Gasteiger partial charge on any atom is 0.236 e. The van der Waals surface area contributed by atoms with E-state index in [0.29, 0.717) is 19.0 Å². The molecule has 1 heterocycles. The Hall–Kier alpha value is -1.46. The van der Waals surface area contributed by atoms with Crippen LogP contribution in [0.25, 0.3) is 0 Å². The van der Waals surface area contributed by atoms with Gasteiger partial charge in [-0.1, -0.05) is 42.5 Å². The van der Waals surface area contributed by atoms with E-state index in [-0.39, 0.29) is 17.5 Å². The Labute approximate surface area is 124 Å². The molecule has 1 unspecified atom stereocenters. The highest BCUT2D eigenvalue weighted by molar-refractivity contribution is 7.80. The molecule has 1 fully saturated rings. The van der Waals surface area contributed by atoms with Crippen LogP contribution in [0.15, 0.2) is 30.3 Å². The Morgan fingerprint density at radius 3 is 2.45 bits per heavy atom. The lowest BCUT2D eigenvalue weighted by Crippen LogP contribution is -2.44. The molecule has 1 saturated heterocycles. The molecular weight excluding hydrogens is 272 g/mol. The zero-order valence-electron chi connectivity index (χ0n) is 11.4. The van der Waals surface area contributed by atoms with Gasteiger partial charge in [0.25, 0.3) is 0 Å². The number of nitrogens with zero attached hydrogens (tertiary/aromatic N) is 1. The van der Waals surface area contributed by atoms with Crippen molar-refractivity contribution >= 4 is 23.1 Å². The van der Waals surface area contributed by atoms with Crippen LogP contribution in [0.5, 0.6) is 0 Å². The Balaban J connectivity index is 2.11. The van der Waals surface area contributed by atoms with Crippen LogP contribution in [-0.4, -0.2) is 40.6 Å². The van der Waals surface area contributed by atoms with E-state index in [0.717, 1.165) is 18.4 Å². The minimum absolute atomic E-state index is 0.0277. The van der Waals surface area contributed by atoms with Gasteiger partial charge in [-0.2, -0.15) is 0 Å². The topological polar surface area (TPSA) is 66.6 Å². The van der Waals surface area contributed by atoms with Gasteiger partial charge in [-0.3, -0.25) is 4.79 Å². The van der Waals surface area contributed by atoms with Crippen LogP contribution in [0.3, 0.4) is 0 Å².